The Morgan fingerprint density at radius 1 is 1.26 bits per heavy atom. The lowest BCUT2D eigenvalue weighted by Crippen LogP contribution is -2.48. The number of aromatic hydroxyl groups is 1. The van der Waals surface area contributed by atoms with E-state index >= 15 is 0 Å². The highest BCUT2D eigenvalue weighted by Gasteiger charge is 2.48. The first-order chi connectivity index (χ1) is 9.23. The lowest BCUT2D eigenvalue weighted by atomic mass is 9.90. The van der Waals surface area contributed by atoms with Crippen molar-refractivity contribution < 1.29 is 14.6 Å². The van der Waals surface area contributed by atoms with Gasteiger partial charge in [-0.25, -0.2) is 4.79 Å². The quantitative estimate of drug-likeness (QED) is 0.811. The molecule has 1 aromatic rings. The zero-order valence-corrected chi connectivity index (χ0v) is 10.8. The fourth-order valence-electron chi connectivity index (χ4n) is 3.01. The lowest BCUT2D eigenvalue weighted by molar-refractivity contribution is 0.170. The zero-order chi connectivity index (χ0) is 13.3. The van der Waals surface area contributed by atoms with Gasteiger partial charge < -0.3 is 15.2 Å². The van der Waals surface area contributed by atoms with E-state index in [4.69, 9.17) is 4.74 Å². The third kappa shape index (κ3) is 2.04. The molecule has 2 fully saturated rings. The summed E-state index contributed by atoms with van der Waals surface area (Å²) in [5.41, 5.74) is 0.228. The Labute approximate surface area is 112 Å². The molecule has 2 saturated heterocycles. The van der Waals surface area contributed by atoms with Gasteiger partial charge in [0, 0.05) is 0 Å². The summed E-state index contributed by atoms with van der Waals surface area (Å²) in [6, 6.07) is 6.94. The fourth-order valence-corrected chi connectivity index (χ4v) is 3.01. The number of hydrogen-bond acceptors (Lipinski definition) is 4. The third-order valence-electron chi connectivity index (χ3n) is 4.01. The third-order valence-corrected chi connectivity index (χ3v) is 4.01. The van der Waals surface area contributed by atoms with Gasteiger partial charge in [-0.15, -0.1) is 0 Å². The molecule has 1 amide bonds. The van der Waals surface area contributed by atoms with Crippen LogP contribution in [0.1, 0.15) is 19.3 Å². The predicted octanol–water partition coefficient (Wildman–Crippen LogP) is 1.86. The first-order valence-corrected chi connectivity index (χ1v) is 6.69. The number of carbonyl (C=O) groups is 1. The van der Waals surface area contributed by atoms with E-state index in [0.29, 0.717) is 12.3 Å². The molecule has 0 radical (unpaired) electrons. The number of ether oxygens (including phenoxy) is 1. The molecule has 0 saturated carbocycles. The van der Waals surface area contributed by atoms with Crippen LogP contribution in [0.3, 0.4) is 0 Å². The Morgan fingerprint density at radius 3 is 2.95 bits per heavy atom. The van der Waals surface area contributed by atoms with Crippen LogP contribution in [-0.4, -0.2) is 36.4 Å². The molecule has 0 aliphatic carbocycles. The molecule has 2 aliphatic rings. The van der Waals surface area contributed by atoms with E-state index in [1.54, 1.807) is 23.1 Å². The van der Waals surface area contributed by atoms with Gasteiger partial charge in [0.05, 0.1) is 11.2 Å². The molecule has 1 unspecified atom stereocenters. The van der Waals surface area contributed by atoms with Crippen LogP contribution >= 0.6 is 0 Å². The van der Waals surface area contributed by atoms with E-state index < -0.39 is 0 Å². The second kappa shape index (κ2) is 4.74. The average molecular weight is 262 g/mol. The minimum absolute atomic E-state index is 0.123. The molecule has 3 rings (SSSR count). The highest BCUT2D eigenvalue weighted by molar-refractivity contribution is 5.93. The molecule has 5 heteroatoms. The topological polar surface area (TPSA) is 61.8 Å². The monoisotopic (exact) mass is 262 g/mol. The Bertz CT molecular complexity index is 481. The van der Waals surface area contributed by atoms with Crippen molar-refractivity contribution in [3.8, 4) is 5.75 Å². The molecule has 0 aromatic heterocycles. The molecular formula is C14H18N2O3. The van der Waals surface area contributed by atoms with E-state index in [9.17, 15) is 9.90 Å². The first-order valence-electron chi connectivity index (χ1n) is 6.69. The van der Waals surface area contributed by atoms with Crippen LogP contribution in [0, 0.1) is 0 Å². The fraction of sp³-hybridized carbons (Fsp3) is 0.500. The Balaban J connectivity index is 2.00. The largest absolute Gasteiger partial charge is 0.506 e. The maximum Gasteiger partial charge on any atom is 0.415 e. The van der Waals surface area contributed by atoms with Crippen molar-refractivity contribution in [3.63, 3.8) is 0 Å². The smallest absolute Gasteiger partial charge is 0.415 e. The number of nitrogens with one attached hydrogen (secondary N) is 1. The molecule has 2 N–H and O–H groups in total. The molecule has 1 atom stereocenters. The second-order valence-electron chi connectivity index (χ2n) is 5.21. The normalized spacial score (nSPS) is 27.4. The van der Waals surface area contributed by atoms with Gasteiger partial charge in [-0.05, 0) is 44.5 Å². The number of anilines is 1. The number of nitrogens with zero attached hydrogens (tertiary/aromatic N) is 1. The average Bonchev–Trinajstić information content (AvgIpc) is 2.60. The van der Waals surface area contributed by atoms with Crippen LogP contribution in [0.25, 0.3) is 0 Å². The van der Waals surface area contributed by atoms with Crippen molar-refractivity contribution in [1.29, 1.82) is 0 Å². The van der Waals surface area contributed by atoms with Gasteiger partial charge in [0.2, 0.25) is 0 Å². The van der Waals surface area contributed by atoms with Crippen LogP contribution in [0.5, 0.6) is 5.75 Å². The predicted molar refractivity (Wildman–Crippen MR) is 71.4 cm³/mol. The minimum Gasteiger partial charge on any atom is -0.506 e. The van der Waals surface area contributed by atoms with Crippen molar-refractivity contribution >= 4 is 11.8 Å². The summed E-state index contributed by atoms with van der Waals surface area (Å²) in [5, 5.41) is 13.4. The van der Waals surface area contributed by atoms with Crippen molar-refractivity contribution in [3.05, 3.63) is 24.3 Å². The summed E-state index contributed by atoms with van der Waals surface area (Å²) >= 11 is 0. The molecule has 0 bridgehead atoms. The number of benzene rings is 1. The maximum atomic E-state index is 12.1. The van der Waals surface area contributed by atoms with Crippen LogP contribution in [0.15, 0.2) is 24.3 Å². The number of rotatable bonds is 1. The molecule has 19 heavy (non-hydrogen) atoms. The molecule has 102 valence electrons. The van der Waals surface area contributed by atoms with Gasteiger partial charge in [-0.3, -0.25) is 4.90 Å². The molecule has 5 nitrogen and oxygen atoms in total. The van der Waals surface area contributed by atoms with Crippen LogP contribution in [-0.2, 0) is 4.74 Å². The standard InChI is InChI=1S/C14H18N2O3/c17-12-5-2-1-4-11(12)16-13(18)19-10-14(16)6-3-8-15-9-7-14/h1-2,4-5,15,17H,3,6-10H2. The van der Waals surface area contributed by atoms with Gasteiger partial charge in [0.15, 0.2) is 0 Å². The first kappa shape index (κ1) is 12.3. The number of cyclic esters (lactones) is 1. The number of hydrogen-bond donors (Lipinski definition) is 2. The summed E-state index contributed by atoms with van der Waals surface area (Å²) < 4.78 is 5.27. The summed E-state index contributed by atoms with van der Waals surface area (Å²) in [5.74, 6) is 0.123. The molecule has 1 aromatic carbocycles. The summed E-state index contributed by atoms with van der Waals surface area (Å²) in [7, 11) is 0. The number of para-hydroxylation sites is 2. The van der Waals surface area contributed by atoms with Gasteiger partial charge in [0.1, 0.15) is 12.4 Å². The zero-order valence-electron chi connectivity index (χ0n) is 10.8. The van der Waals surface area contributed by atoms with Crippen molar-refractivity contribution in [1.82, 2.24) is 5.32 Å². The molecule has 2 aliphatic heterocycles. The highest BCUT2D eigenvalue weighted by atomic mass is 16.6. The second-order valence-corrected chi connectivity index (χ2v) is 5.21. The van der Waals surface area contributed by atoms with E-state index in [2.05, 4.69) is 5.32 Å². The summed E-state index contributed by atoms with van der Waals surface area (Å²) in [4.78, 5) is 13.7. The Kier molecular flexibility index (Phi) is 3.06. The minimum atomic E-state index is -0.358. The van der Waals surface area contributed by atoms with Crippen LogP contribution in [0.4, 0.5) is 10.5 Å². The van der Waals surface area contributed by atoms with Crippen molar-refractivity contribution in [2.24, 2.45) is 0 Å². The molecule has 2 heterocycles. The summed E-state index contributed by atoms with van der Waals surface area (Å²) in [6.45, 7) is 2.23. The van der Waals surface area contributed by atoms with Gasteiger partial charge in [0.25, 0.3) is 0 Å². The van der Waals surface area contributed by atoms with E-state index in [-0.39, 0.29) is 17.4 Å². The number of phenols is 1. The highest BCUT2D eigenvalue weighted by Crippen LogP contribution is 2.40. The van der Waals surface area contributed by atoms with Gasteiger partial charge >= 0.3 is 6.09 Å². The van der Waals surface area contributed by atoms with E-state index in [0.717, 1.165) is 32.4 Å². The van der Waals surface area contributed by atoms with Gasteiger partial charge in [-0.2, -0.15) is 0 Å². The van der Waals surface area contributed by atoms with Crippen LogP contribution < -0.4 is 10.2 Å². The maximum absolute atomic E-state index is 12.1. The van der Waals surface area contributed by atoms with E-state index in [1.807, 2.05) is 6.07 Å². The SMILES string of the molecule is O=C1OCC2(CCCNCC2)N1c1ccccc1O. The Morgan fingerprint density at radius 2 is 2.11 bits per heavy atom. The van der Waals surface area contributed by atoms with Crippen molar-refractivity contribution in [2.75, 3.05) is 24.6 Å². The molecule has 1 spiro atoms. The number of phenolic OH excluding ortho intramolecular Hbond substituents is 1. The number of carbonyl (C=O) groups excluding carboxylic acids is 1. The van der Waals surface area contributed by atoms with Crippen molar-refractivity contribution in [2.45, 2.75) is 24.8 Å². The lowest BCUT2D eigenvalue weighted by Gasteiger charge is -2.34. The number of amides is 1. The van der Waals surface area contributed by atoms with Gasteiger partial charge in [-0.1, -0.05) is 12.1 Å². The summed E-state index contributed by atoms with van der Waals surface area (Å²) in [6.07, 6.45) is 2.37. The van der Waals surface area contributed by atoms with E-state index in [1.165, 1.54) is 0 Å². The molecular weight excluding hydrogens is 244 g/mol. The van der Waals surface area contributed by atoms with Crippen LogP contribution in [0.2, 0.25) is 0 Å². The Hall–Kier alpha value is -1.75.